The van der Waals surface area contributed by atoms with Crippen molar-refractivity contribution in [2.75, 3.05) is 5.32 Å². The second-order valence-corrected chi connectivity index (χ2v) is 13.5. The zero-order chi connectivity index (χ0) is 29.5. The first-order valence-corrected chi connectivity index (χ1v) is 14.8. The second kappa shape index (κ2) is 9.57. The Hall–Kier alpha value is -2.88. The number of fused-ring (bicyclic) bond motifs is 6. The van der Waals surface area contributed by atoms with Crippen LogP contribution in [0.4, 0.5) is 5.69 Å². The summed E-state index contributed by atoms with van der Waals surface area (Å²) in [6.45, 7) is 8.32. The standard InChI is InChI=1S/C32H26Cl4N4O/c1-16-11-19(20(15-37)17-5-7-18(33)8-6-17)21(34)12-24(16)40-29(41)32-10-9-31(4,30(32,2)3)27-28(32)39-26-14-23(36)22(35)13-25(26)38-27/h5-8,11-14,20H,9-10H2,1-4H3,(H,40,41). The fourth-order valence-electron chi connectivity index (χ4n) is 6.87. The van der Waals surface area contributed by atoms with Gasteiger partial charge in [-0.3, -0.25) is 4.79 Å². The largest absolute Gasteiger partial charge is 0.325 e. The van der Waals surface area contributed by atoms with E-state index in [0.29, 0.717) is 54.5 Å². The fraction of sp³-hybridized carbons (Fsp3) is 0.312. The van der Waals surface area contributed by atoms with Crippen molar-refractivity contribution in [1.29, 1.82) is 5.26 Å². The van der Waals surface area contributed by atoms with Gasteiger partial charge in [0, 0.05) is 21.1 Å². The van der Waals surface area contributed by atoms with E-state index in [2.05, 4.69) is 32.2 Å². The number of benzene rings is 3. The van der Waals surface area contributed by atoms with Crippen LogP contribution in [0.3, 0.4) is 0 Å². The molecule has 1 aromatic heterocycles. The molecule has 5 nitrogen and oxygen atoms in total. The van der Waals surface area contributed by atoms with E-state index in [1.807, 2.05) is 25.1 Å². The number of nitrogens with one attached hydrogen (secondary N) is 1. The summed E-state index contributed by atoms with van der Waals surface area (Å²) >= 11 is 25.4. The van der Waals surface area contributed by atoms with Gasteiger partial charge in [0.1, 0.15) is 0 Å². The molecule has 1 heterocycles. The summed E-state index contributed by atoms with van der Waals surface area (Å²) in [4.78, 5) is 24.4. The SMILES string of the molecule is Cc1cc(C(C#N)c2ccc(Cl)cc2)c(Cl)cc1NC(=O)C12CCC(C)(c3nc4cc(Cl)c(Cl)cc4nc31)C2(C)C. The van der Waals surface area contributed by atoms with Gasteiger partial charge < -0.3 is 5.32 Å². The summed E-state index contributed by atoms with van der Waals surface area (Å²) in [7, 11) is 0. The maximum absolute atomic E-state index is 14.4. The first-order valence-electron chi connectivity index (χ1n) is 13.3. The maximum atomic E-state index is 14.4. The highest BCUT2D eigenvalue weighted by molar-refractivity contribution is 6.42. The lowest BCUT2D eigenvalue weighted by atomic mass is 9.63. The molecule has 1 N–H and O–H groups in total. The van der Waals surface area contributed by atoms with E-state index < -0.39 is 16.7 Å². The molecule has 1 fully saturated rings. The van der Waals surface area contributed by atoms with Crippen LogP contribution in [0.2, 0.25) is 20.1 Å². The molecule has 6 rings (SSSR count). The number of carbonyl (C=O) groups is 1. The summed E-state index contributed by atoms with van der Waals surface area (Å²) < 4.78 is 0. The lowest BCUT2D eigenvalue weighted by Crippen LogP contribution is -2.48. The van der Waals surface area contributed by atoms with E-state index in [-0.39, 0.29) is 11.3 Å². The molecular formula is C32H26Cl4N4O. The molecule has 41 heavy (non-hydrogen) atoms. The Morgan fingerprint density at radius 1 is 0.902 bits per heavy atom. The van der Waals surface area contributed by atoms with Crippen LogP contribution in [0.5, 0.6) is 0 Å². The summed E-state index contributed by atoms with van der Waals surface area (Å²) in [5.41, 5.74) is 3.87. The van der Waals surface area contributed by atoms with Gasteiger partial charge in [0.25, 0.3) is 0 Å². The summed E-state index contributed by atoms with van der Waals surface area (Å²) in [6, 6.07) is 16.5. The Labute approximate surface area is 258 Å². The minimum Gasteiger partial charge on any atom is -0.325 e. The van der Waals surface area contributed by atoms with E-state index in [1.54, 1.807) is 30.3 Å². The Morgan fingerprint density at radius 3 is 2.12 bits per heavy atom. The molecule has 0 radical (unpaired) electrons. The van der Waals surface area contributed by atoms with Gasteiger partial charge in [0.05, 0.1) is 49.9 Å². The van der Waals surface area contributed by atoms with Crippen LogP contribution in [-0.2, 0) is 15.6 Å². The van der Waals surface area contributed by atoms with Gasteiger partial charge in [0.15, 0.2) is 0 Å². The Kier molecular flexibility index (Phi) is 6.60. The quantitative estimate of drug-likeness (QED) is 0.246. The van der Waals surface area contributed by atoms with E-state index in [9.17, 15) is 10.1 Å². The number of aromatic nitrogens is 2. The lowest BCUT2D eigenvalue weighted by molar-refractivity contribution is -0.125. The highest BCUT2D eigenvalue weighted by Gasteiger charge is 2.73. The van der Waals surface area contributed by atoms with Crippen LogP contribution >= 0.6 is 46.4 Å². The third-order valence-electron chi connectivity index (χ3n) is 9.70. The number of aryl methyl sites for hydroxylation is 1. The molecule has 0 aliphatic heterocycles. The smallest absolute Gasteiger partial charge is 0.237 e. The van der Waals surface area contributed by atoms with Gasteiger partial charge in [-0.15, -0.1) is 0 Å². The van der Waals surface area contributed by atoms with Gasteiger partial charge >= 0.3 is 0 Å². The van der Waals surface area contributed by atoms with Crippen molar-refractivity contribution in [1.82, 2.24) is 9.97 Å². The number of hydrogen-bond donors (Lipinski definition) is 1. The van der Waals surface area contributed by atoms with E-state index >= 15 is 0 Å². The topological polar surface area (TPSA) is 78.7 Å². The molecule has 9 heteroatoms. The average molecular weight is 624 g/mol. The molecule has 0 spiro atoms. The van der Waals surface area contributed by atoms with Crippen LogP contribution in [0.1, 0.15) is 67.6 Å². The molecule has 4 aromatic rings. The second-order valence-electron chi connectivity index (χ2n) is 11.8. The molecule has 3 aromatic carbocycles. The molecule has 1 amide bonds. The zero-order valence-electron chi connectivity index (χ0n) is 22.9. The zero-order valence-corrected chi connectivity index (χ0v) is 25.9. The molecule has 1 saturated carbocycles. The van der Waals surface area contributed by atoms with Crippen molar-refractivity contribution in [3.8, 4) is 6.07 Å². The first kappa shape index (κ1) is 28.2. The normalized spacial score (nSPS) is 22.8. The van der Waals surface area contributed by atoms with E-state index in [0.717, 1.165) is 23.2 Å². The van der Waals surface area contributed by atoms with Gasteiger partial charge in [-0.1, -0.05) is 85.4 Å². The number of anilines is 1. The number of rotatable bonds is 4. The lowest BCUT2D eigenvalue weighted by Gasteiger charge is -2.39. The van der Waals surface area contributed by atoms with Crippen LogP contribution in [-0.4, -0.2) is 15.9 Å². The number of nitriles is 1. The van der Waals surface area contributed by atoms with Crippen molar-refractivity contribution in [3.05, 3.63) is 96.7 Å². The summed E-state index contributed by atoms with van der Waals surface area (Å²) in [6.07, 6.45) is 1.43. The van der Waals surface area contributed by atoms with E-state index in [4.69, 9.17) is 56.4 Å². The predicted molar refractivity (Wildman–Crippen MR) is 165 cm³/mol. The van der Waals surface area contributed by atoms with Gasteiger partial charge in [-0.2, -0.15) is 5.26 Å². The minimum absolute atomic E-state index is 0.153. The van der Waals surface area contributed by atoms with Crippen molar-refractivity contribution in [2.45, 2.75) is 57.3 Å². The third kappa shape index (κ3) is 3.92. The predicted octanol–water partition coefficient (Wildman–Crippen LogP) is 9.18. The third-order valence-corrected chi connectivity index (χ3v) is 11.0. The number of amides is 1. The molecule has 0 saturated heterocycles. The van der Waals surface area contributed by atoms with Crippen molar-refractivity contribution < 1.29 is 4.79 Å². The van der Waals surface area contributed by atoms with E-state index in [1.165, 1.54) is 0 Å². The number of halogens is 4. The summed E-state index contributed by atoms with van der Waals surface area (Å²) in [5, 5.41) is 15.0. The van der Waals surface area contributed by atoms with Crippen molar-refractivity contribution in [2.24, 2.45) is 5.41 Å². The highest BCUT2D eigenvalue weighted by Crippen LogP contribution is 2.70. The molecule has 2 aliphatic carbocycles. The van der Waals surface area contributed by atoms with Crippen LogP contribution in [0.15, 0.2) is 48.5 Å². The molecule has 208 valence electrons. The van der Waals surface area contributed by atoms with Crippen LogP contribution in [0, 0.1) is 23.7 Å². The monoisotopic (exact) mass is 622 g/mol. The first-order chi connectivity index (χ1) is 19.3. The van der Waals surface area contributed by atoms with Crippen molar-refractivity contribution in [3.63, 3.8) is 0 Å². The Bertz CT molecular complexity index is 1810. The molecular weight excluding hydrogens is 598 g/mol. The number of carbonyl (C=O) groups excluding carboxylic acids is 1. The Balaban J connectivity index is 1.41. The maximum Gasteiger partial charge on any atom is 0.237 e. The van der Waals surface area contributed by atoms with Gasteiger partial charge in [0.2, 0.25) is 5.91 Å². The Morgan fingerprint density at radius 2 is 1.51 bits per heavy atom. The van der Waals surface area contributed by atoms with Crippen molar-refractivity contribution >= 4 is 69.0 Å². The molecule has 3 unspecified atom stereocenters. The molecule has 2 aliphatic rings. The highest BCUT2D eigenvalue weighted by atomic mass is 35.5. The fourth-order valence-corrected chi connectivity index (χ4v) is 7.58. The number of nitrogens with zero attached hydrogens (tertiary/aromatic N) is 3. The van der Waals surface area contributed by atoms with Gasteiger partial charge in [-0.25, -0.2) is 9.97 Å². The molecule has 2 bridgehead atoms. The average Bonchev–Trinajstić information content (AvgIpc) is 3.22. The summed E-state index contributed by atoms with van der Waals surface area (Å²) in [5.74, 6) is -0.734. The number of hydrogen-bond acceptors (Lipinski definition) is 4. The van der Waals surface area contributed by atoms with Crippen LogP contribution in [0.25, 0.3) is 11.0 Å². The van der Waals surface area contributed by atoms with Crippen LogP contribution < -0.4 is 5.32 Å². The minimum atomic E-state index is -0.916. The van der Waals surface area contributed by atoms with Gasteiger partial charge in [-0.05, 0) is 72.2 Å². The molecule has 3 atom stereocenters.